The molecule has 0 unspecified atom stereocenters. The van der Waals surface area contributed by atoms with Crippen LogP contribution in [0.4, 0.5) is 0 Å². The maximum absolute atomic E-state index is 11.3. The quantitative estimate of drug-likeness (QED) is 0.782. The van der Waals surface area contributed by atoms with Crippen LogP contribution in [0.3, 0.4) is 0 Å². The van der Waals surface area contributed by atoms with Crippen LogP contribution >= 0.6 is 11.3 Å². The smallest absolute Gasteiger partial charge is 0.339 e. The van der Waals surface area contributed by atoms with Crippen LogP contribution in [0.15, 0.2) is 29.2 Å². The maximum atomic E-state index is 11.3. The number of aromatic nitrogens is 2. The second kappa shape index (κ2) is 6.40. The number of hydrogen-bond donors (Lipinski definition) is 0. The number of ether oxygens (including phenoxy) is 1. The summed E-state index contributed by atoms with van der Waals surface area (Å²) in [6.07, 6.45) is 1.54. The van der Waals surface area contributed by atoms with Gasteiger partial charge in [-0.15, -0.1) is 11.3 Å². The Labute approximate surface area is 115 Å². The van der Waals surface area contributed by atoms with Crippen molar-refractivity contribution in [3.05, 3.63) is 46.2 Å². The highest BCUT2D eigenvalue weighted by atomic mass is 32.1. The summed E-state index contributed by atoms with van der Waals surface area (Å²) in [5.41, 5.74) is 4.25. The van der Waals surface area contributed by atoms with Gasteiger partial charge in [0.05, 0.1) is 29.6 Å². The summed E-state index contributed by atoms with van der Waals surface area (Å²) < 4.78 is 4.63. The van der Waals surface area contributed by atoms with E-state index in [0.717, 1.165) is 17.9 Å². The number of nitrogens with zero attached hydrogens (tertiary/aromatic N) is 3. The first-order chi connectivity index (χ1) is 9.19. The molecule has 0 saturated carbocycles. The largest absolute Gasteiger partial charge is 0.465 e. The zero-order chi connectivity index (χ0) is 13.7. The van der Waals surface area contributed by atoms with Crippen LogP contribution in [-0.4, -0.2) is 35.0 Å². The molecule has 2 aromatic heterocycles. The van der Waals surface area contributed by atoms with Crippen LogP contribution in [0.25, 0.3) is 0 Å². The normalized spacial score (nSPS) is 10.7. The van der Waals surface area contributed by atoms with Crippen molar-refractivity contribution in [1.82, 2.24) is 14.9 Å². The average molecular weight is 277 g/mol. The van der Waals surface area contributed by atoms with E-state index in [1.165, 1.54) is 13.3 Å². The molecule has 19 heavy (non-hydrogen) atoms. The third-order valence-corrected chi connectivity index (χ3v) is 3.23. The van der Waals surface area contributed by atoms with Crippen molar-refractivity contribution in [2.75, 3.05) is 14.2 Å². The predicted molar refractivity (Wildman–Crippen MR) is 72.9 cm³/mol. The number of thiazole rings is 1. The minimum Gasteiger partial charge on any atom is -0.465 e. The molecule has 0 amide bonds. The van der Waals surface area contributed by atoms with E-state index >= 15 is 0 Å². The van der Waals surface area contributed by atoms with E-state index in [0.29, 0.717) is 12.1 Å². The van der Waals surface area contributed by atoms with Crippen LogP contribution in [-0.2, 0) is 17.8 Å². The molecule has 0 aliphatic rings. The highest BCUT2D eigenvalue weighted by Gasteiger charge is 2.07. The first-order valence-electron chi connectivity index (χ1n) is 5.78. The average Bonchev–Trinajstić information content (AvgIpc) is 2.91. The second-order valence-electron chi connectivity index (χ2n) is 4.18. The zero-order valence-electron chi connectivity index (χ0n) is 10.9. The van der Waals surface area contributed by atoms with Gasteiger partial charge < -0.3 is 4.74 Å². The Kier molecular flexibility index (Phi) is 4.59. The van der Waals surface area contributed by atoms with Crippen LogP contribution in [0.5, 0.6) is 0 Å². The lowest BCUT2D eigenvalue weighted by molar-refractivity contribution is 0.0600. The number of hydrogen-bond acceptors (Lipinski definition) is 6. The summed E-state index contributed by atoms with van der Waals surface area (Å²) >= 11 is 1.59. The maximum Gasteiger partial charge on any atom is 0.339 e. The Morgan fingerprint density at radius 2 is 2.11 bits per heavy atom. The number of carbonyl (C=O) groups is 1. The van der Waals surface area contributed by atoms with E-state index in [-0.39, 0.29) is 5.97 Å². The van der Waals surface area contributed by atoms with Gasteiger partial charge >= 0.3 is 5.97 Å². The fourth-order valence-corrected chi connectivity index (χ4v) is 2.23. The standard InChI is InChI=1S/C13H15N3O2S/c1-16(7-12-8-19-9-15-12)6-11-4-3-10(5-14-11)13(17)18-2/h3-5,8-9H,6-7H2,1-2H3. The van der Waals surface area contributed by atoms with Crippen LogP contribution < -0.4 is 0 Å². The lowest BCUT2D eigenvalue weighted by atomic mass is 10.2. The molecule has 0 N–H and O–H groups in total. The molecule has 100 valence electrons. The summed E-state index contributed by atoms with van der Waals surface area (Å²) in [6.45, 7) is 1.49. The number of esters is 1. The van der Waals surface area contributed by atoms with Crippen molar-refractivity contribution in [2.45, 2.75) is 13.1 Å². The lowest BCUT2D eigenvalue weighted by Crippen LogP contribution is -2.18. The van der Waals surface area contributed by atoms with Gasteiger partial charge in [-0.25, -0.2) is 9.78 Å². The van der Waals surface area contributed by atoms with Gasteiger partial charge in [0.1, 0.15) is 0 Å². The molecular weight excluding hydrogens is 262 g/mol. The molecule has 2 heterocycles. The Bertz CT molecular complexity index is 525. The second-order valence-corrected chi connectivity index (χ2v) is 4.90. The van der Waals surface area contributed by atoms with Crippen LogP contribution in [0.2, 0.25) is 0 Å². The molecular formula is C13H15N3O2S. The summed E-state index contributed by atoms with van der Waals surface area (Å²) in [5, 5.41) is 2.03. The van der Waals surface area contributed by atoms with Crippen molar-refractivity contribution >= 4 is 17.3 Å². The van der Waals surface area contributed by atoms with Crippen molar-refractivity contribution < 1.29 is 9.53 Å². The molecule has 5 nitrogen and oxygen atoms in total. The molecule has 0 radical (unpaired) electrons. The van der Waals surface area contributed by atoms with E-state index in [4.69, 9.17) is 0 Å². The van der Waals surface area contributed by atoms with Crippen molar-refractivity contribution in [1.29, 1.82) is 0 Å². The molecule has 0 fully saturated rings. The first kappa shape index (κ1) is 13.6. The Morgan fingerprint density at radius 3 is 2.68 bits per heavy atom. The minimum atomic E-state index is -0.366. The highest BCUT2D eigenvalue weighted by molar-refractivity contribution is 7.07. The van der Waals surface area contributed by atoms with E-state index in [1.54, 1.807) is 17.4 Å². The van der Waals surface area contributed by atoms with E-state index in [1.807, 2.05) is 24.0 Å². The van der Waals surface area contributed by atoms with Crippen molar-refractivity contribution in [3.63, 3.8) is 0 Å². The number of pyridine rings is 1. The topological polar surface area (TPSA) is 55.3 Å². The third kappa shape index (κ3) is 3.84. The van der Waals surface area contributed by atoms with E-state index in [2.05, 4.69) is 19.6 Å². The molecule has 2 aromatic rings. The minimum absolute atomic E-state index is 0.366. The van der Waals surface area contributed by atoms with Gasteiger partial charge in [-0.1, -0.05) is 0 Å². The highest BCUT2D eigenvalue weighted by Crippen LogP contribution is 2.08. The summed E-state index contributed by atoms with van der Waals surface area (Å²) in [6, 6.07) is 3.56. The molecule has 0 bridgehead atoms. The summed E-state index contributed by atoms with van der Waals surface area (Å²) in [7, 11) is 3.37. The molecule has 6 heteroatoms. The van der Waals surface area contributed by atoms with Gasteiger partial charge in [0, 0.05) is 24.7 Å². The SMILES string of the molecule is COC(=O)c1ccc(CN(C)Cc2cscn2)nc1. The lowest BCUT2D eigenvalue weighted by Gasteiger charge is -2.14. The van der Waals surface area contributed by atoms with Crippen LogP contribution in [0.1, 0.15) is 21.7 Å². The van der Waals surface area contributed by atoms with Gasteiger partial charge in [-0.2, -0.15) is 0 Å². The van der Waals surface area contributed by atoms with Crippen molar-refractivity contribution in [2.24, 2.45) is 0 Å². The van der Waals surface area contributed by atoms with Crippen LogP contribution in [0, 0.1) is 0 Å². The molecule has 0 aromatic carbocycles. The third-order valence-electron chi connectivity index (χ3n) is 2.59. The number of carbonyl (C=O) groups excluding carboxylic acids is 1. The molecule has 2 rings (SSSR count). The van der Waals surface area contributed by atoms with E-state index in [9.17, 15) is 4.79 Å². The Morgan fingerprint density at radius 1 is 1.32 bits per heavy atom. The molecule has 0 aliphatic heterocycles. The summed E-state index contributed by atoms with van der Waals surface area (Å²) in [5.74, 6) is -0.366. The van der Waals surface area contributed by atoms with Crippen molar-refractivity contribution in [3.8, 4) is 0 Å². The Balaban J connectivity index is 1.93. The summed E-state index contributed by atoms with van der Waals surface area (Å²) in [4.78, 5) is 21.9. The fourth-order valence-electron chi connectivity index (χ4n) is 1.68. The monoisotopic (exact) mass is 277 g/mol. The molecule has 0 saturated heterocycles. The molecule has 0 atom stereocenters. The van der Waals surface area contributed by atoms with Gasteiger partial charge in [-0.05, 0) is 19.2 Å². The number of rotatable bonds is 5. The van der Waals surface area contributed by atoms with E-state index < -0.39 is 0 Å². The Hall–Kier alpha value is -1.79. The van der Waals surface area contributed by atoms with Gasteiger partial charge in [-0.3, -0.25) is 9.88 Å². The first-order valence-corrected chi connectivity index (χ1v) is 6.72. The zero-order valence-corrected chi connectivity index (χ0v) is 11.7. The number of methoxy groups -OCH3 is 1. The predicted octanol–water partition coefficient (Wildman–Crippen LogP) is 1.96. The fraction of sp³-hybridized carbons (Fsp3) is 0.308. The van der Waals surface area contributed by atoms with Gasteiger partial charge in [0.25, 0.3) is 0 Å². The van der Waals surface area contributed by atoms with Gasteiger partial charge in [0.15, 0.2) is 0 Å². The molecule has 0 spiro atoms. The molecule has 0 aliphatic carbocycles. The van der Waals surface area contributed by atoms with Gasteiger partial charge in [0.2, 0.25) is 0 Å².